The van der Waals surface area contributed by atoms with Gasteiger partial charge < -0.3 is 10.2 Å². The van der Waals surface area contributed by atoms with Gasteiger partial charge in [-0.3, -0.25) is 13.9 Å². The number of nitrogens with zero attached hydrogens (tertiary/aromatic N) is 2. The van der Waals surface area contributed by atoms with E-state index in [9.17, 15) is 31.2 Å². The van der Waals surface area contributed by atoms with E-state index in [1.165, 1.54) is 29.2 Å². The minimum absolute atomic E-state index is 0.0280. The Morgan fingerprint density at radius 3 is 2.07 bits per heavy atom. The summed E-state index contributed by atoms with van der Waals surface area (Å²) in [5.41, 5.74) is -0.965. The lowest BCUT2D eigenvalue weighted by molar-refractivity contribution is -0.140. The molecule has 12 heteroatoms. The van der Waals surface area contributed by atoms with E-state index < -0.39 is 56.9 Å². The van der Waals surface area contributed by atoms with Crippen LogP contribution in [0.1, 0.15) is 44.7 Å². The molecule has 3 rings (SSSR count). The average Bonchev–Trinajstić information content (AvgIpc) is 2.96. The van der Waals surface area contributed by atoms with Gasteiger partial charge in [0.1, 0.15) is 12.6 Å². The Hall–Kier alpha value is -3.57. The highest BCUT2D eigenvalue weighted by molar-refractivity contribution is 7.92. The quantitative estimate of drug-likeness (QED) is 0.257. The highest BCUT2D eigenvalue weighted by Crippen LogP contribution is 2.38. The first-order valence-corrected chi connectivity index (χ1v) is 15.2. The lowest BCUT2D eigenvalue weighted by Crippen LogP contribution is -2.53. The van der Waals surface area contributed by atoms with Gasteiger partial charge in [-0.1, -0.05) is 74.0 Å². The number of alkyl halides is 3. The molecule has 3 aromatic rings. The predicted octanol–water partition coefficient (Wildman–Crippen LogP) is 6.28. The van der Waals surface area contributed by atoms with Crippen LogP contribution in [0.5, 0.6) is 0 Å². The van der Waals surface area contributed by atoms with Gasteiger partial charge in [-0.15, -0.1) is 0 Å². The number of halogens is 4. The van der Waals surface area contributed by atoms with E-state index in [-0.39, 0.29) is 23.9 Å². The number of anilines is 1. The molecule has 0 aromatic heterocycles. The summed E-state index contributed by atoms with van der Waals surface area (Å²) < 4.78 is 69.5. The van der Waals surface area contributed by atoms with E-state index in [4.69, 9.17) is 11.6 Å². The molecule has 0 aliphatic heterocycles. The van der Waals surface area contributed by atoms with Crippen LogP contribution in [-0.2, 0) is 32.3 Å². The molecular formula is C30H33ClF3N3O4S. The number of hydrogen-bond donors (Lipinski definition) is 1. The van der Waals surface area contributed by atoms with Crippen LogP contribution in [0.3, 0.4) is 0 Å². The Balaban J connectivity index is 2.12. The van der Waals surface area contributed by atoms with Gasteiger partial charge in [-0.25, -0.2) is 8.42 Å². The molecule has 0 aliphatic carbocycles. The minimum Gasteiger partial charge on any atom is -0.352 e. The highest BCUT2D eigenvalue weighted by atomic mass is 35.5. The summed E-state index contributed by atoms with van der Waals surface area (Å²) in [6.07, 6.45) is -4.01. The molecule has 0 fully saturated rings. The van der Waals surface area contributed by atoms with Crippen molar-refractivity contribution in [2.24, 2.45) is 0 Å². The molecule has 226 valence electrons. The van der Waals surface area contributed by atoms with Crippen molar-refractivity contribution >= 4 is 39.1 Å². The normalized spacial score (nSPS) is 13.2. The van der Waals surface area contributed by atoms with Gasteiger partial charge in [0.05, 0.1) is 21.2 Å². The van der Waals surface area contributed by atoms with Crippen LogP contribution in [-0.4, -0.2) is 43.8 Å². The number of carbonyl (C=O) groups excluding carboxylic acids is 2. The predicted molar refractivity (Wildman–Crippen MR) is 156 cm³/mol. The molecule has 0 saturated heterocycles. The van der Waals surface area contributed by atoms with Crippen LogP contribution >= 0.6 is 11.6 Å². The van der Waals surface area contributed by atoms with Gasteiger partial charge in [0, 0.05) is 12.6 Å². The third kappa shape index (κ3) is 8.04. The van der Waals surface area contributed by atoms with Gasteiger partial charge in [0.15, 0.2) is 0 Å². The lowest BCUT2D eigenvalue weighted by Gasteiger charge is -2.34. The maximum atomic E-state index is 14.0. The summed E-state index contributed by atoms with van der Waals surface area (Å²) in [4.78, 5) is 28.3. The van der Waals surface area contributed by atoms with Crippen molar-refractivity contribution < 1.29 is 31.2 Å². The summed E-state index contributed by atoms with van der Waals surface area (Å²) in [6.45, 7) is 4.54. The van der Waals surface area contributed by atoms with Crippen molar-refractivity contribution in [3.05, 3.63) is 95.0 Å². The standard InChI is InChI=1S/C30H33ClF3N3O4S/c1-4-21(3)35-29(39)27(5-2)36(19-22-12-8-6-9-13-22)28(38)20-37(42(40,41)24-14-10-7-11-15-24)23-16-17-26(31)25(18-23)30(32,33)34/h6-18,21,27H,4-5,19-20H2,1-3H3,(H,35,39)/t21-,27+/m1/s1. The summed E-state index contributed by atoms with van der Waals surface area (Å²) in [7, 11) is -4.53. The minimum atomic E-state index is -4.88. The van der Waals surface area contributed by atoms with Crippen molar-refractivity contribution in [3.63, 3.8) is 0 Å². The molecule has 2 atom stereocenters. The van der Waals surface area contributed by atoms with Crippen molar-refractivity contribution in [3.8, 4) is 0 Å². The highest BCUT2D eigenvalue weighted by Gasteiger charge is 2.37. The van der Waals surface area contributed by atoms with E-state index in [0.29, 0.717) is 22.4 Å². The van der Waals surface area contributed by atoms with Gasteiger partial charge in [-0.2, -0.15) is 13.2 Å². The van der Waals surface area contributed by atoms with Crippen molar-refractivity contribution in [2.45, 2.75) is 63.3 Å². The van der Waals surface area contributed by atoms with Crippen LogP contribution in [0.2, 0.25) is 5.02 Å². The van der Waals surface area contributed by atoms with Gasteiger partial charge in [0.2, 0.25) is 11.8 Å². The van der Waals surface area contributed by atoms with Gasteiger partial charge in [-0.05, 0) is 55.7 Å². The Kier molecular flexibility index (Phi) is 11.0. The van der Waals surface area contributed by atoms with E-state index >= 15 is 0 Å². The molecule has 0 aliphatic rings. The van der Waals surface area contributed by atoms with Crippen LogP contribution in [0, 0.1) is 0 Å². The molecule has 0 bridgehead atoms. The van der Waals surface area contributed by atoms with E-state index in [1.54, 1.807) is 43.3 Å². The number of hydrogen-bond acceptors (Lipinski definition) is 4. The second-order valence-electron chi connectivity index (χ2n) is 9.74. The molecule has 7 nitrogen and oxygen atoms in total. The van der Waals surface area contributed by atoms with Crippen molar-refractivity contribution in [1.82, 2.24) is 10.2 Å². The Morgan fingerprint density at radius 2 is 1.52 bits per heavy atom. The van der Waals surface area contributed by atoms with Crippen molar-refractivity contribution in [1.29, 1.82) is 0 Å². The largest absolute Gasteiger partial charge is 0.417 e. The molecule has 1 N–H and O–H groups in total. The molecule has 0 unspecified atom stereocenters. The monoisotopic (exact) mass is 623 g/mol. The second kappa shape index (κ2) is 14.1. The van der Waals surface area contributed by atoms with Crippen LogP contribution < -0.4 is 9.62 Å². The number of amides is 2. The first-order valence-electron chi connectivity index (χ1n) is 13.4. The molecule has 2 amide bonds. The van der Waals surface area contributed by atoms with E-state index in [2.05, 4.69) is 5.32 Å². The van der Waals surface area contributed by atoms with Crippen LogP contribution in [0.25, 0.3) is 0 Å². The molecular weight excluding hydrogens is 591 g/mol. The molecule has 0 saturated carbocycles. The number of carbonyl (C=O) groups is 2. The topological polar surface area (TPSA) is 86.8 Å². The summed E-state index contributed by atoms with van der Waals surface area (Å²) in [5.74, 6) is -1.19. The Bertz CT molecular complexity index is 1470. The summed E-state index contributed by atoms with van der Waals surface area (Å²) in [5, 5.41) is 2.25. The molecule has 0 spiro atoms. The van der Waals surface area contributed by atoms with Gasteiger partial charge >= 0.3 is 6.18 Å². The fraction of sp³-hybridized carbons (Fsp3) is 0.333. The molecule has 0 heterocycles. The Labute approximate surface area is 249 Å². The zero-order valence-corrected chi connectivity index (χ0v) is 25.0. The van der Waals surface area contributed by atoms with Gasteiger partial charge in [0.25, 0.3) is 10.0 Å². The Morgan fingerprint density at radius 1 is 0.929 bits per heavy atom. The maximum absolute atomic E-state index is 14.0. The smallest absolute Gasteiger partial charge is 0.352 e. The third-order valence-corrected chi connectivity index (χ3v) is 8.85. The zero-order chi connectivity index (χ0) is 31.1. The maximum Gasteiger partial charge on any atom is 0.417 e. The third-order valence-electron chi connectivity index (χ3n) is 6.74. The van der Waals surface area contributed by atoms with E-state index in [1.807, 2.05) is 13.8 Å². The SMILES string of the molecule is CC[C@@H](C)NC(=O)[C@H](CC)N(Cc1ccccc1)C(=O)CN(c1ccc(Cl)c(C(F)(F)F)c1)S(=O)(=O)c1ccccc1. The van der Waals surface area contributed by atoms with E-state index in [0.717, 1.165) is 12.1 Å². The summed E-state index contributed by atoms with van der Waals surface area (Å²) in [6, 6.07) is 17.4. The first kappa shape index (κ1) is 32.9. The molecule has 3 aromatic carbocycles. The first-order chi connectivity index (χ1) is 19.8. The number of sulfonamides is 1. The number of nitrogens with one attached hydrogen (secondary N) is 1. The fourth-order valence-electron chi connectivity index (χ4n) is 4.27. The zero-order valence-electron chi connectivity index (χ0n) is 23.4. The molecule has 0 radical (unpaired) electrons. The number of rotatable bonds is 12. The summed E-state index contributed by atoms with van der Waals surface area (Å²) >= 11 is 5.80. The average molecular weight is 624 g/mol. The lowest BCUT2D eigenvalue weighted by atomic mass is 10.1. The number of benzene rings is 3. The molecule has 42 heavy (non-hydrogen) atoms. The van der Waals surface area contributed by atoms with Crippen LogP contribution in [0.15, 0.2) is 83.8 Å². The van der Waals surface area contributed by atoms with Crippen LogP contribution in [0.4, 0.5) is 18.9 Å². The second-order valence-corrected chi connectivity index (χ2v) is 12.0. The fourth-order valence-corrected chi connectivity index (χ4v) is 5.93. The van der Waals surface area contributed by atoms with Crippen molar-refractivity contribution in [2.75, 3.05) is 10.8 Å².